The van der Waals surface area contributed by atoms with Gasteiger partial charge in [-0.3, -0.25) is 0 Å². The van der Waals surface area contributed by atoms with E-state index in [9.17, 15) is 4.79 Å². The molecule has 0 N–H and O–H groups in total. The molecule has 0 amide bonds. The van der Waals surface area contributed by atoms with E-state index in [2.05, 4.69) is 13.0 Å². The molecule has 0 unspecified atom stereocenters. The third-order valence-electron chi connectivity index (χ3n) is 1.49. The Hall–Kier alpha value is -1.05. The van der Waals surface area contributed by atoms with Crippen LogP contribution in [0.25, 0.3) is 0 Å². The minimum atomic E-state index is -0.275. The summed E-state index contributed by atoms with van der Waals surface area (Å²) in [5.41, 5.74) is 0. The second-order valence-electron chi connectivity index (χ2n) is 2.68. The fourth-order valence-corrected chi connectivity index (χ4v) is 0.821. The van der Waals surface area contributed by atoms with E-state index >= 15 is 0 Å². The van der Waals surface area contributed by atoms with Gasteiger partial charge in [-0.05, 0) is 13.3 Å². The van der Waals surface area contributed by atoms with Crippen LogP contribution in [-0.4, -0.2) is 12.6 Å². The van der Waals surface area contributed by atoms with Gasteiger partial charge in [-0.1, -0.05) is 38.0 Å². The first-order valence-electron chi connectivity index (χ1n) is 4.81. The molecule has 0 saturated carbocycles. The Morgan fingerprint density at radius 2 is 2.08 bits per heavy atom. The van der Waals surface area contributed by atoms with E-state index in [-0.39, 0.29) is 5.97 Å². The number of ether oxygens (including phenoxy) is 1. The Morgan fingerprint density at radius 3 is 2.69 bits per heavy atom. The van der Waals surface area contributed by atoms with Gasteiger partial charge in [-0.15, -0.1) is 0 Å². The van der Waals surface area contributed by atoms with E-state index in [1.54, 1.807) is 13.0 Å². The molecule has 0 fully saturated rings. The maximum Gasteiger partial charge on any atom is 0.330 e. The zero-order valence-corrected chi connectivity index (χ0v) is 8.45. The second kappa shape index (κ2) is 9.04. The van der Waals surface area contributed by atoms with Gasteiger partial charge in [0.2, 0.25) is 0 Å². The fourth-order valence-electron chi connectivity index (χ4n) is 0.821. The van der Waals surface area contributed by atoms with Crippen molar-refractivity contribution in [3.63, 3.8) is 0 Å². The molecule has 2 nitrogen and oxygen atoms in total. The van der Waals surface area contributed by atoms with Crippen molar-refractivity contribution in [2.75, 3.05) is 6.61 Å². The maximum absolute atomic E-state index is 10.8. The van der Waals surface area contributed by atoms with Gasteiger partial charge < -0.3 is 4.74 Å². The van der Waals surface area contributed by atoms with E-state index in [4.69, 9.17) is 4.74 Å². The molecule has 0 aliphatic heterocycles. The maximum atomic E-state index is 10.8. The normalized spacial score (nSPS) is 11.2. The number of allylic oxidation sites excluding steroid dienone is 3. The Kier molecular flexibility index (Phi) is 8.31. The van der Waals surface area contributed by atoms with Gasteiger partial charge >= 0.3 is 5.97 Å². The van der Waals surface area contributed by atoms with Crippen molar-refractivity contribution in [2.45, 2.75) is 33.1 Å². The van der Waals surface area contributed by atoms with Crippen molar-refractivity contribution < 1.29 is 9.53 Å². The molecule has 0 aromatic heterocycles. The number of hydrogen-bond donors (Lipinski definition) is 0. The number of carbonyl (C=O) groups excluding carboxylic acids is 1. The number of esters is 1. The smallest absolute Gasteiger partial charge is 0.330 e. The first-order chi connectivity index (χ1) is 6.31. The number of rotatable bonds is 6. The number of carbonyl (C=O) groups is 1. The quantitative estimate of drug-likeness (QED) is 0.273. The van der Waals surface area contributed by atoms with Gasteiger partial charge in [0.15, 0.2) is 0 Å². The largest absolute Gasteiger partial charge is 0.463 e. The fraction of sp³-hybridized carbons (Fsp3) is 0.545. The van der Waals surface area contributed by atoms with Gasteiger partial charge in [0.05, 0.1) is 6.61 Å². The lowest BCUT2D eigenvalue weighted by Gasteiger charge is -1.92. The first kappa shape index (κ1) is 11.9. The van der Waals surface area contributed by atoms with Crippen LogP contribution >= 0.6 is 0 Å². The predicted molar refractivity (Wildman–Crippen MR) is 54.4 cm³/mol. The number of unbranched alkanes of at least 4 members (excludes halogenated alkanes) is 2. The molecule has 0 saturated heterocycles. The van der Waals surface area contributed by atoms with Gasteiger partial charge in [-0.25, -0.2) is 4.79 Å². The van der Waals surface area contributed by atoms with E-state index < -0.39 is 0 Å². The Bertz CT molecular complexity index is 181. The van der Waals surface area contributed by atoms with E-state index in [0.717, 1.165) is 6.42 Å². The summed E-state index contributed by atoms with van der Waals surface area (Å²) < 4.78 is 4.71. The van der Waals surface area contributed by atoms with Gasteiger partial charge in [0.1, 0.15) is 0 Å². The number of hydrogen-bond acceptors (Lipinski definition) is 2. The topological polar surface area (TPSA) is 26.3 Å². The lowest BCUT2D eigenvalue weighted by Crippen LogP contribution is -1.98. The van der Waals surface area contributed by atoms with Crippen LogP contribution in [0, 0.1) is 0 Å². The Balaban J connectivity index is 3.49. The highest BCUT2D eigenvalue weighted by molar-refractivity contribution is 5.82. The average molecular weight is 182 g/mol. The molecule has 13 heavy (non-hydrogen) atoms. The molecule has 0 aliphatic rings. The standard InChI is InChI=1S/C11H18O2/c1-3-5-6-7-8-9-10-11(12)13-4-2/h7-10H,3-6H2,1-2H3/b8-7+,10-9?. The van der Waals surface area contributed by atoms with Crippen LogP contribution in [-0.2, 0) is 9.53 Å². The Labute approximate surface area is 80.3 Å². The molecule has 0 rings (SSSR count). The molecular formula is C11H18O2. The van der Waals surface area contributed by atoms with E-state index in [0.29, 0.717) is 6.61 Å². The molecule has 0 aromatic carbocycles. The molecule has 2 heteroatoms. The van der Waals surface area contributed by atoms with Crippen LogP contribution in [0.15, 0.2) is 24.3 Å². The molecule has 0 radical (unpaired) electrons. The summed E-state index contributed by atoms with van der Waals surface area (Å²) in [6.07, 6.45) is 10.6. The minimum Gasteiger partial charge on any atom is -0.463 e. The lowest BCUT2D eigenvalue weighted by molar-refractivity contribution is -0.137. The van der Waals surface area contributed by atoms with Crippen molar-refractivity contribution in [3.05, 3.63) is 24.3 Å². The summed E-state index contributed by atoms with van der Waals surface area (Å²) in [6, 6.07) is 0. The highest BCUT2D eigenvalue weighted by Crippen LogP contribution is 1.94. The third kappa shape index (κ3) is 8.86. The van der Waals surface area contributed by atoms with Crippen molar-refractivity contribution in [1.82, 2.24) is 0 Å². The second-order valence-corrected chi connectivity index (χ2v) is 2.68. The summed E-state index contributed by atoms with van der Waals surface area (Å²) in [7, 11) is 0. The lowest BCUT2D eigenvalue weighted by atomic mass is 10.2. The highest BCUT2D eigenvalue weighted by Gasteiger charge is 1.89. The molecule has 0 bridgehead atoms. The minimum absolute atomic E-state index is 0.275. The predicted octanol–water partition coefficient (Wildman–Crippen LogP) is 2.85. The van der Waals surface area contributed by atoms with Crippen LogP contribution in [0.5, 0.6) is 0 Å². The summed E-state index contributed by atoms with van der Waals surface area (Å²) >= 11 is 0. The first-order valence-corrected chi connectivity index (χ1v) is 4.81. The van der Waals surface area contributed by atoms with Gasteiger partial charge in [-0.2, -0.15) is 0 Å². The molecule has 0 aromatic rings. The van der Waals surface area contributed by atoms with Crippen LogP contribution in [0.1, 0.15) is 33.1 Å². The van der Waals surface area contributed by atoms with E-state index in [1.165, 1.54) is 18.9 Å². The summed E-state index contributed by atoms with van der Waals surface area (Å²) in [4.78, 5) is 10.8. The molecule has 74 valence electrons. The van der Waals surface area contributed by atoms with Crippen molar-refractivity contribution in [1.29, 1.82) is 0 Å². The molecule has 0 heterocycles. The third-order valence-corrected chi connectivity index (χ3v) is 1.49. The molecular weight excluding hydrogens is 164 g/mol. The summed E-state index contributed by atoms with van der Waals surface area (Å²) in [6.45, 7) is 4.38. The summed E-state index contributed by atoms with van der Waals surface area (Å²) in [5, 5.41) is 0. The van der Waals surface area contributed by atoms with Crippen LogP contribution in [0.3, 0.4) is 0 Å². The average Bonchev–Trinajstić information content (AvgIpc) is 2.11. The SMILES string of the molecule is CCCC/C=C/C=CC(=O)OCC. The van der Waals surface area contributed by atoms with Crippen LogP contribution in [0.2, 0.25) is 0 Å². The zero-order chi connectivity index (χ0) is 9.94. The monoisotopic (exact) mass is 182 g/mol. The van der Waals surface area contributed by atoms with E-state index in [1.807, 2.05) is 6.08 Å². The Morgan fingerprint density at radius 1 is 1.31 bits per heavy atom. The van der Waals surface area contributed by atoms with Crippen LogP contribution in [0.4, 0.5) is 0 Å². The molecule has 0 aliphatic carbocycles. The highest BCUT2D eigenvalue weighted by atomic mass is 16.5. The zero-order valence-electron chi connectivity index (χ0n) is 8.45. The van der Waals surface area contributed by atoms with Crippen molar-refractivity contribution in [2.24, 2.45) is 0 Å². The van der Waals surface area contributed by atoms with Gasteiger partial charge in [0, 0.05) is 6.08 Å². The van der Waals surface area contributed by atoms with Gasteiger partial charge in [0.25, 0.3) is 0 Å². The van der Waals surface area contributed by atoms with Crippen LogP contribution < -0.4 is 0 Å². The molecule has 0 atom stereocenters. The van der Waals surface area contributed by atoms with Crippen molar-refractivity contribution >= 4 is 5.97 Å². The molecule has 0 spiro atoms. The summed E-state index contributed by atoms with van der Waals surface area (Å²) in [5.74, 6) is -0.275. The van der Waals surface area contributed by atoms with Crippen molar-refractivity contribution in [3.8, 4) is 0 Å².